The molecule has 0 fully saturated rings. The number of hydrogen-bond donors (Lipinski definition) is 0. The molecule has 4 heterocycles. The van der Waals surface area contributed by atoms with E-state index in [-0.39, 0.29) is 49.5 Å². The Labute approximate surface area is 346 Å². The second-order valence-electron chi connectivity index (χ2n) is 12.8. The van der Waals surface area contributed by atoms with Crippen molar-refractivity contribution in [3.63, 3.8) is 0 Å². The van der Waals surface area contributed by atoms with Crippen LogP contribution in [0.2, 0.25) is 0 Å². The van der Waals surface area contributed by atoms with Crippen molar-refractivity contribution < 1.29 is 57.8 Å². The third kappa shape index (κ3) is 9.86. The topological polar surface area (TPSA) is 349 Å². The van der Waals surface area contributed by atoms with Crippen LogP contribution in [0.3, 0.4) is 0 Å². The van der Waals surface area contributed by atoms with Crippen molar-refractivity contribution in [1.82, 2.24) is 38.2 Å². The Morgan fingerprint density at radius 1 is 0.435 bits per heavy atom. The summed E-state index contributed by atoms with van der Waals surface area (Å²) in [4.78, 5) is 113. The number of imidazole rings is 4. The van der Waals surface area contributed by atoms with Crippen molar-refractivity contribution >= 4 is 47.1 Å². The average molecular weight is 867 g/mol. The maximum absolute atomic E-state index is 13.7. The minimum absolute atomic E-state index is 0.201. The zero-order valence-corrected chi connectivity index (χ0v) is 33.0. The Kier molecular flexibility index (Phi) is 13.7. The van der Waals surface area contributed by atoms with E-state index in [9.17, 15) is 59.6 Å². The summed E-state index contributed by atoms with van der Waals surface area (Å²) >= 11 is 0. The zero-order valence-electron chi connectivity index (χ0n) is 33.0. The summed E-state index contributed by atoms with van der Waals surface area (Å²) in [6.07, 6.45) is 3.96. The molecule has 0 spiro atoms. The summed E-state index contributed by atoms with van der Waals surface area (Å²) in [7, 11) is 0. The van der Waals surface area contributed by atoms with Crippen LogP contribution in [0, 0.1) is 68.2 Å². The number of hydrogen-bond acceptors (Lipinski definition) is 20. The van der Waals surface area contributed by atoms with Crippen molar-refractivity contribution in [2.45, 2.75) is 53.9 Å². The molecule has 0 radical (unpaired) electrons. The van der Waals surface area contributed by atoms with Crippen LogP contribution in [0.1, 0.15) is 64.7 Å². The standard InChI is InChI=1S/C34H34N12O16/c1-19-35-15-27(43(51)52)39(19)5-9-59-31(47)23-13-25(33(49)61-11-7-41-21(3)37-17-29(41)45(55)56)26(34(50)62-12-8-42-22(4)38-18-30(42)46(57)58)14-24(23)32(48)60-10-6-40-20(2)36-16-28(40)44(53)54/h13-18H,5-12H2,1-4H3. The van der Waals surface area contributed by atoms with Crippen LogP contribution >= 0.6 is 0 Å². The number of nitro groups is 4. The number of aromatic nitrogens is 8. The van der Waals surface area contributed by atoms with Gasteiger partial charge < -0.3 is 59.4 Å². The van der Waals surface area contributed by atoms with E-state index in [2.05, 4.69) is 19.9 Å². The summed E-state index contributed by atoms with van der Waals surface area (Å²) < 4.78 is 25.9. The summed E-state index contributed by atoms with van der Waals surface area (Å²) in [5.74, 6) is -6.04. The molecule has 0 saturated heterocycles. The molecule has 5 rings (SSSR count). The van der Waals surface area contributed by atoms with Gasteiger partial charge in [-0.1, -0.05) is 0 Å². The number of carbonyl (C=O) groups is 4. The van der Waals surface area contributed by atoms with E-state index >= 15 is 0 Å². The Balaban J connectivity index is 1.50. The first-order valence-electron chi connectivity index (χ1n) is 17.9. The number of rotatable bonds is 20. The SMILES string of the molecule is Cc1ncc([N+](=O)[O-])n1CCOC(=O)c1cc(C(=O)OCCn2c([N+](=O)[O-])cnc2C)c(C(=O)OCCn2c([N+](=O)[O-])cnc2C)cc1C(=O)OCCn1c([N+](=O)[O-])cnc1C. The largest absolute Gasteiger partial charge is 0.458 e. The van der Waals surface area contributed by atoms with E-state index in [0.717, 1.165) is 55.2 Å². The Morgan fingerprint density at radius 2 is 0.629 bits per heavy atom. The monoisotopic (exact) mass is 866 g/mol. The molecule has 0 unspecified atom stereocenters. The van der Waals surface area contributed by atoms with Crippen LogP contribution in [0.4, 0.5) is 23.3 Å². The van der Waals surface area contributed by atoms with Gasteiger partial charge >= 0.3 is 47.1 Å². The average Bonchev–Trinajstić information content (AvgIpc) is 3.99. The number of nitrogens with zero attached hydrogens (tertiary/aromatic N) is 12. The molecule has 0 aliphatic heterocycles. The van der Waals surface area contributed by atoms with Gasteiger partial charge in [0.2, 0.25) is 0 Å². The molecule has 5 aromatic rings. The van der Waals surface area contributed by atoms with Crippen LogP contribution in [0.15, 0.2) is 36.9 Å². The van der Waals surface area contributed by atoms with Gasteiger partial charge in [-0.05, 0) is 31.8 Å². The molecule has 28 heteroatoms. The zero-order chi connectivity index (χ0) is 45.4. The number of ether oxygens (including phenoxy) is 4. The molecule has 0 N–H and O–H groups in total. The van der Waals surface area contributed by atoms with Crippen LogP contribution < -0.4 is 0 Å². The van der Waals surface area contributed by atoms with Gasteiger partial charge in [0.25, 0.3) is 0 Å². The second kappa shape index (κ2) is 19.1. The fraction of sp³-hybridized carbons (Fsp3) is 0.353. The fourth-order valence-electron chi connectivity index (χ4n) is 6.02. The van der Waals surface area contributed by atoms with Crippen molar-refractivity contribution in [3.8, 4) is 0 Å². The normalized spacial score (nSPS) is 10.9. The molecule has 0 bridgehead atoms. The third-order valence-electron chi connectivity index (χ3n) is 9.11. The quantitative estimate of drug-likeness (QED) is 0.0469. The molecule has 0 aliphatic carbocycles. The van der Waals surface area contributed by atoms with E-state index in [1.165, 1.54) is 27.7 Å². The summed E-state index contributed by atoms with van der Waals surface area (Å²) in [5, 5.41) is 45.9. The molecule has 62 heavy (non-hydrogen) atoms. The lowest BCUT2D eigenvalue weighted by atomic mass is 9.98. The van der Waals surface area contributed by atoms with E-state index < -0.39 is 116 Å². The van der Waals surface area contributed by atoms with Crippen molar-refractivity contribution in [2.24, 2.45) is 0 Å². The lowest BCUT2D eigenvalue weighted by molar-refractivity contribution is -0.392. The molecule has 0 aliphatic rings. The van der Waals surface area contributed by atoms with Gasteiger partial charge in [-0.3, -0.25) is 0 Å². The van der Waals surface area contributed by atoms with Crippen LogP contribution in [-0.2, 0) is 45.1 Å². The van der Waals surface area contributed by atoms with E-state index in [4.69, 9.17) is 18.9 Å². The first-order chi connectivity index (χ1) is 29.4. The molecule has 0 saturated carbocycles. The van der Waals surface area contributed by atoms with Crippen molar-refractivity contribution in [1.29, 1.82) is 0 Å². The Hall–Kier alpha value is -8.46. The highest BCUT2D eigenvalue weighted by atomic mass is 16.6. The predicted octanol–water partition coefficient (Wildman–Crippen LogP) is 2.77. The van der Waals surface area contributed by atoms with Crippen molar-refractivity contribution in [2.75, 3.05) is 26.4 Å². The second-order valence-corrected chi connectivity index (χ2v) is 12.8. The van der Waals surface area contributed by atoms with Gasteiger partial charge in [-0.25, -0.2) is 57.4 Å². The fourth-order valence-corrected chi connectivity index (χ4v) is 6.02. The predicted molar refractivity (Wildman–Crippen MR) is 202 cm³/mol. The minimum atomic E-state index is -1.29. The number of carbonyl (C=O) groups excluding carboxylic acids is 4. The molecule has 4 aromatic heterocycles. The first-order valence-corrected chi connectivity index (χ1v) is 17.9. The molecular weight excluding hydrogens is 832 g/mol. The lowest BCUT2D eigenvalue weighted by Crippen LogP contribution is -2.23. The molecular formula is C34H34N12O16. The summed E-state index contributed by atoms with van der Waals surface area (Å²) in [6, 6.07) is 1.53. The lowest BCUT2D eigenvalue weighted by Gasteiger charge is -2.15. The van der Waals surface area contributed by atoms with Gasteiger partial charge in [-0.2, -0.15) is 0 Å². The Morgan fingerprint density at radius 3 is 0.806 bits per heavy atom. The summed E-state index contributed by atoms with van der Waals surface area (Å²) in [6.45, 7) is 2.53. The number of aryl methyl sites for hydroxylation is 4. The van der Waals surface area contributed by atoms with Crippen LogP contribution in [0.25, 0.3) is 0 Å². The van der Waals surface area contributed by atoms with E-state index in [1.807, 2.05) is 0 Å². The van der Waals surface area contributed by atoms with Gasteiger partial charge in [-0.15, -0.1) is 0 Å². The van der Waals surface area contributed by atoms with Gasteiger partial charge in [0, 0.05) is 27.7 Å². The highest BCUT2D eigenvalue weighted by Gasteiger charge is 2.31. The maximum Gasteiger partial charge on any atom is 0.342 e. The van der Waals surface area contributed by atoms with Crippen LogP contribution in [0.5, 0.6) is 0 Å². The van der Waals surface area contributed by atoms with Gasteiger partial charge in [0.1, 0.15) is 77.4 Å². The van der Waals surface area contributed by atoms with Gasteiger partial charge in [0.05, 0.1) is 22.3 Å². The third-order valence-corrected chi connectivity index (χ3v) is 9.11. The molecule has 0 atom stereocenters. The van der Waals surface area contributed by atoms with E-state index in [1.54, 1.807) is 0 Å². The van der Waals surface area contributed by atoms with Crippen LogP contribution in [-0.4, -0.2) is 108 Å². The summed E-state index contributed by atoms with van der Waals surface area (Å²) in [5.41, 5.74) is -2.70. The minimum Gasteiger partial charge on any atom is -0.458 e. The highest BCUT2D eigenvalue weighted by molar-refractivity contribution is 6.10. The highest BCUT2D eigenvalue weighted by Crippen LogP contribution is 2.24. The molecule has 326 valence electrons. The molecule has 0 amide bonds. The molecule has 28 nitrogen and oxygen atoms in total. The molecule has 1 aromatic carbocycles. The number of esters is 4. The van der Waals surface area contributed by atoms with E-state index in [0.29, 0.717) is 0 Å². The maximum atomic E-state index is 13.7. The number of benzene rings is 1. The van der Waals surface area contributed by atoms with Crippen molar-refractivity contribution in [3.05, 3.63) is 123 Å². The Bertz CT molecular complexity index is 2260. The first kappa shape index (κ1) is 44.6. The smallest absolute Gasteiger partial charge is 0.342 e. The van der Waals surface area contributed by atoms with Gasteiger partial charge in [0.15, 0.2) is 23.3 Å².